The van der Waals surface area contributed by atoms with Crippen LogP contribution < -0.4 is 4.74 Å². The average molecular weight is 224 g/mol. The molecule has 0 amide bonds. The Bertz CT molecular complexity index is 543. The van der Waals surface area contributed by atoms with Crippen molar-refractivity contribution in [1.29, 1.82) is 0 Å². The molecule has 0 saturated heterocycles. The van der Waals surface area contributed by atoms with E-state index >= 15 is 0 Å². The Morgan fingerprint density at radius 2 is 1.82 bits per heavy atom. The maximum atomic E-state index is 5.83. The second kappa shape index (κ2) is 4.25. The molecule has 0 unspecified atom stereocenters. The zero-order valence-electron chi connectivity index (χ0n) is 10.1. The summed E-state index contributed by atoms with van der Waals surface area (Å²) in [5, 5.41) is 0. The maximum Gasteiger partial charge on any atom is 0.123 e. The van der Waals surface area contributed by atoms with Crippen molar-refractivity contribution in [3.05, 3.63) is 53.6 Å². The zero-order chi connectivity index (χ0) is 11.7. The fourth-order valence-electron chi connectivity index (χ4n) is 2.48. The molecule has 1 nitrogen and oxygen atoms in total. The van der Waals surface area contributed by atoms with Crippen molar-refractivity contribution in [3.63, 3.8) is 0 Å². The summed E-state index contributed by atoms with van der Waals surface area (Å²) < 4.78 is 5.83. The predicted molar refractivity (Wildman–Crippen MR) is 70.5 cm³/mol. The van der Waals surface area contributed by atoms with Gasteiger partial charge in [-0.15, -0.1) is 0 Å². The molecule has 1 heteroatoms. The Labute approximate surface area is 102 Å². The number of hydrogen-bond donors (Lipinski definition) is 0. The van der Waals surface area contributed by atoms with E-state index in [1.807, 2.05) is 0 Å². The van der Waals surface area contributed by atoms with E-state index < -0.39 is 0 Å². The first-order valence-electron chi connectivity index (χ1n) is 6.23. The highest BCUT2D eigenvalue weighted by Gasteiger charge is 2.20. The van der Waals surface area contributed by atoms with Gasteiger partial charge in [0.25, 0.3) is 0 Å². The molecule has 0 fully saturated rings. The van der Waals surface area contributed by atoms with Crippen molar-refractivity contribution in [2.45, 2.75) is 19.8 Å². The normalized spacial score (nSPS) is 12.1. The van der Waals surface area contributed by atoms with E-state index in [1.165, 1.54) is 22.3 Å². The largest absolute Gasteiger partial charge is 0.493 e. The number of ether oxygens (including phenoxy) is 1. The van der Waals surface area contributed by atoms with Crippen molar-refractivity contribution < 1.29 is 4.74 Å². The lowest BCUT2D eigenvalue weighted by atomic mass is 10.1. The van der Waals surface area contributed by atoms with E-state index in [0.717, 1.165) is 25.2 Å². The maximum absolute atomic E-state index is 5.83. The lowest BCUT2D eigenvalue weighted by Crippen LogP contribution is -1.98. The smallest absolute Gasteiger partial charge is 0.123 e. The summed E-state index contributed by atoms with van der Waals surface area (Å²) in [5.74, 6) is 1.06. The molecule has 0 N–H and O–H groups in total. The molecule has 0 atom stereocenters. The highest BCUT2D eigenvalue weighted by molar-refractivity contribution is 5.78. The van der Waals surface area contributed by atoms with Crippen LogP contribution in [0.15, 0.2) is 42.5 Å². The van der Waals surface area contributed by atoms with Gasteiger partial charge in [-0.2, -0.15) is 0 Å². The fourth-order valence-corrected chi connectivity index (χ4v) is 2.48. The summed E-state index contributed by atoms with van der Waals surface area (Å²) in [6.07, 6.45) is 2.06. The summed E-state index contributed by atoms with van der Waals surface area (Å²) in [7, 11) is 0. The van der Waals surface area contributed by atoms with Gasteiger partial charge in [-0.05, 0) is 29.2 Å². The van der Waals surface area contributed by atoms with Gasteiger partial charge < -0.3 is 4.74 Å². The molecule has 3 rings (SSSR count). The van der Waals surface area contributed by atoms with Crippen LogP contribution in [0.4, 0.5) is 0 Å². The van der Waals surface area contributed by atoms with Gasteiger partial charge in [-0.25, -0.2) is 0 Å². The Kier molecular flexibility index (Phi) is 2.60. The Morgan fingerprint density at radius 1 is 1.00 bits per heavy atom. The van der Waals surface area contributed by atoms with Crippen LogP contribution in [0.5, 0.6) is 5.75 Å². The van der Waals surface area contributed by atoms with Crippen molar-refractivity contribution in [2.24, 2.45) is 0 Å². The van der Waals surface area contributed by atoms with Crippen LogP contribution in [0.1, 0.15) is 24.5 Å². The van der Waals surface area contributed by atoms with E-state index in [-0.39, 0.29) is 0 Å². The zero-order valence-corrected chi connectivity index (χ0v) is 10.1. The third-order valence-corrected chi connectivity index (χ3v) is 3.27. The summed E-state index contributed by atoms with van der Waals surface area (Å²) in [6, 6.07) is 15.0. The minimum atomic E-state index is 0.798. The second-order valence-electron chi connectivity index (χ2n) is 4.46. The van der Waals surface area contributed by atoms with Gasteiger partial charge in [0.2, 0.25) is 0 Å². The number of hydrogen-bond acceptors (Lipinski definition) is 1. The fraction of sp³-hybridized carbons (Fsp3) is 0.250. The van der Waals surface area contributed by atoms with Gasteiger partial charge in [-0.3, -0.25) is 0 Å². The molecule has 0 aliphatic heterocycles. The van der Waals surface area contributed by atoms with Gasteiger partial charge in [0.1, 0.15) is 5.75 Å². The molecule has 0 saturated carbocycles. The van der Waals surface area contributed by atoms with Crippen LogP contribution in [0, 0.1) is 0 Å². The third kappa shape index (κ3) is 1.72. The van der Waals surface area contributed by atoms with Crippen molar-refractivity contribution >= 4 is 0 Å². The summed E-state index contributed by atoms with van der Waals surface area (Å²) >= 11 is 0. The van der Waals surface area contributed by atoms with Crippen LogP contribution in [-0.4, -0.2) is 6.61 Å². The molecule has 2 aromatic carbocycles. The van der Waals surface area contributed by atoms with Gasteiger partial charge in [0.05, 0.1) is 6.61 Å². The Balaban J connectivity index is 2.05. The summed E-state index contributed by atoms with van der Waals surface area (Å²) in [4.78, 5) is 0. The first-order valence-corrected chi connectivity index (χ1v) is 6.23. The van der Waals surface area contributed by atoms with E-state index in [2.05, 4.69) is 49.4 Å². The Morgan fingerprint density at radius 3 is 2.71 bits per heavy atom. The molecule has 0 spiro atoms. The first-order chi connectivity index (χ1) is 8.40. The number of rotatable bonds is 3. The van der Waals surface area contributed by atoms with Crippen molar-refractivity contribution in [1.82, 2.24) is 0 Å². The lowest BCUT2D eigenvalue weighted by Gasteiger charge is -2.09. The van der Waals surface area contributed by atoms with Crippen LogP contribution in [0.2, 0.25) is 0 Å². The van der Waals surface area contributed by atoms with Crippen LogP contribution >= 0.6 is 0 Å². The second-order valence-corrected chi connectivity index (χ2v) is 4.46. The molecule has 17 heavy (non-hydrogen) atoms. The lowest BCUT2D eigenvalue weighted by molar-refractivity contribution is 0.315. The van der Waals surface area contributed by atoms with E-state index in [4.69, 9.17) is 4.74 Å². The predicted octanol–water partition coefficient (Wildman–Crippen LogP) is 4.05. The molecule has 1 aliphatic carbocycles. The highest BCUT2D eigenvalue weighted by atomic mass is 16.5. The SMILES string of the molecule is CCCOc1cccc2c1Cc1ccccc1-2. The summed E-state index contributed by atoms with van der Waals surface area (Å²) in [5.41, 5.74) is 5.47. The van der Waals surface area contributed by atoms with Gasteiger partial charge >= 0.3 is 0 Å². The standard InChI is InChI=1S/C16H16O/c1-2-10-17-16-9-5-8-14-13-7-4-3-6-12(13)11-15(14)16/h3-9H,2,10-11H2,1H3. The van der Waals surface area contributed by atoms with E-state index in [9.17, 15) is 0 Å². The van der Waals surface area contributed by atoms with E-state index in [1.54, 1.807) is 0 Å². The molecular formula is C16H16O. The topological polar surface area (TPSA) is 9.23 Å². The van der Waals surface area contributed by atoms with E-state index in [0.29, 0.717) is 0 Å². The van der Waals surface area contributed by atoms with Crippen LogP contribution in [0.3, 0.4) is 0 Å². The molecule has 0 aromatic heterocycles. The van der Waals surface area contributed by atoms with Gasteiger partial charge in [-0.1, -0.05) is 43.3 Å². The number of benzene rings is 2. The van der Waals surface area contributed by atoms with Gasteiger partial charge in [0.15, 0.2) is 0 Å². The average Bonchev–Trinajstić information content (AvgIpc) is 2.75. The molecule has 0 bridgehead atoms. The van der Waals surface area contributed by atoms with Crippen molar-refractivity contribution in [3.8, 4) is 16.9 Å². The highest BCUT2D eigenvalue weighted by Crippen LogP contribution is 2.40. The quantitative estimate of drug-likeness (QED) is 0.652. The van der Waals surface area contributed by atoms with Crippen molar-refractivity contribution in [2.75, 3.05) is 6.61 Å². The van der Waals surface area contributed by atoms with Gasteiger partial charge in [0, 0.05) is 12.0 Å². The summed E-state index contributed by atoms with van der Waals surface area (Å²) in [6.45, 7) is 2.94. The van der Waals surface area contributed by atoms with Crippen LogP contribution in [0.25, 0.3) is 11.1 Å². The third-order valence-electron chi connectivity index (χ3n) is 3.27. The molecular weight excluding hydrogens is 208 g/mol. The molecule has 1 aliphatic rings. The monoisotopic (exact) mass is 224 g/mol. The minimum absolute atomic E-state index is 0.798. The minimum Gasteiger partial charge on any atom is -0.493 e. The number of fused-ring (bicyclic) bond motifs is 3. The molecule has 2 aromatic rings. The van der Waals surface area contributed by atoms with Crippen LogP contribution in [-0.2, 0) is 6.42 Å². The Hall–Kier alpha value is -1.76. The first kappa shape index (κ1) is 10.4. The molecule has 0 radical (unpaired) electrons. The molecule has 86 valence electrons. The molecule has 0 heterocycles.